The monoisotopic (exact) mass is 306 g/mol. The first-order valence-electron chi connectivity index (χ1n) is 7.61. The van der Waals surface area contributed by atoms with Gasteiger partial charge in [0.05, 0.1) is 0 Å². The SMILES string of the molecule is CCCCC1C(=O)N(C)CCN1C(=O)c1cc(=O)cc(C)o1. The Morgan fingerprint density at radius 2 is 2.05 bits per heavy atom. The third-order valence-electron chi connectivity index (χ3n) is 3.91. The largest absolute Gasteiger partial charge is 0.456 e. The molecular weight excluding hydrogens is 284 g/mol. The second-order valence-corrected chi connectivity index (χ2v) is 5.68. The number of carbonyl (C=O) groups is 2. The zero-order valence-electron chi connectivity index (χ0n) is 13.3. The molecule has 1 fully saturated rings. The summed E-state index contributed by atoms with van der Waals surface area (Å²) in [5, 5.41) is 0. The number of likely N-dealkylation sites (N-methyl/N-ethyl adjacent to an activating group) is 1. The lowest BCUT2D eigenvalue weighted by atomic mass is 10.0. The number of amides is 2. The molecule has 0 aromatic carbocycles. The van der Waals surface area contributed by atoms with E-state index >= 15 is 0 Å². The van der Waals surface area contributed by atoms with Crippen LogP contribution in [0.4, 0.5) is 0 Å². The van der Waals surface area contributed by atoms with E-state index in [0.717, 1.165) is 12.8 Å². The standard InChI is InChI=1S/C16H22N2O4/c1-4-5-6-13-15(20)17(3)7-8-18(13)16(21)14-10-12(19)9-11(2)22-14/h9-10,13H,4-8H2,1-3H3. The van der Waals surface area contributed by atoms with Gasteiger partial charge in [0, 0.05) is 32.3 Å². The van der Waals surface area contributed by atoms with Gasteiger partial charge in [-0.05, 0) is 13.3 Å². The summed E-state index contributed by atoms with van der Waals surface area (Å²) in [5.74, 6) is -0.0448. The third-order valence-corrected chi connectivity index (χ3v) is 3.91. The average Bonchev–Trinajstić information content (AvgIpc) is 2.47. The molecule has 1 unspecified atom stereocenters. The van der Waals surface area contributed by atoms with Crippen molar-refractivity contribution in [2.24, 2.45) is 0 Å². The van der Waals surface area contributed by atoms with E-state index in [4.69, 9.17) is 4.42 Å². The van der Waals surface area contributed by atoms with Crippen LogP contribution in [0.2, 0.25) is 0 Å². The highest BCUT2D eigenvalue weighted by Gasteiger charge is 2.36. The normalized spacial score (nSPS) is 18.7. The number of rotatable bonds is 4. The van der Waals surface area contributed by atoms with Crippen LogP contribution < -0.4 is 5.43 Å². The Morgan fingerprint density at radius 3 is 2.68 bits per heavy atom. The lowest BCUT2D eigenvalue weighted by Crippen LogP contribution is -2.57. The van der Waals surface area contributed by atoms with Crippen molar-refractivity contribution in [3.63, 3.8) is 0 Å². The minimum atomic E-state index is -0.475. The van der Waals surface area contributed by atoms with E-state index in [9.17, 15) is 14.4 Å². The highest BCUT2D eigenvalue weighted by Crippen LogP contribution is 2.19. The first-order chi connectivity index (χ1) is 10.4. The molecule has 22 heavy (non-hydrogen) atoms. The fraction of sp³-hybridized carbons (Fsp3) is 0.562. The number of hydrogen-bond acceptors (Lipinski definition) is 4. The molecule has 2 rings (SSSR count). The molecule has 0 aliphatic carbocycles. The van der Waals surface area contributed by atoms with Crippen molar-refractivity contribution >= 4 is 11.8 Å². The number of aryl methyl sites for hydroxylation is 1. The van der Waals surface area contributed by atoms with Gasteiger partial charge < -0.3 is 14.2 Å². The molecule has 1 saturated heterocycles. The van der Waals surface area contributed by atoms with Crippen molar-refractivity contribution in [3.8, 4) is 0 Å². The predicted octanol–water partition coefficient (Wildman–Crippen LogP) is 1.42. The molecule has 2 amide bonds. The summed E-state index contributed by atoms with van der Waals surface area (Å²) in [4.78, 5) is 39.8. The first kappa shape index (κ1) is 16.3. The maximum Gasteiger partial charge on any atom is 0.290 e. The fourth-order valence-corrected chi connectivity index (χ4v) is 2.68. The lowest BCUT2D eigenvalue weighted by Gasteiger charge is -2.38. The van der Waals surface area contributed by atoms with Crippen LogP contribution in [0.5, 0.6) is 0 Å². The van der Waals surface area contributed by atoms with Crippen LogP contribution in [0.3, 0.4) is 0 Å². The van der Waals surface area contributed by atoms with Gasteiger partial charge in [-0.1, -0.05) is 19.8 Å². The summed E-state index contributed by atoms with van der Waals surface area (Å²) >= 11 is 0. The second-order valence-electron chi connectivity index (χ2n) is 5.68. The van der Waals surface area contributed by atoms with E-state index < -0.39 is 6.04 Å². The lowest BCUT2D eigenvalue weighted by molar-refractivity contribution is -0.138. The van der Waals surface area contributed by atoms with Crippen molar-refractivity contribution in [2.45, 2.75) is 39.2 Å². The summed E-state index contributed by atoms with van der Waals surface area (Å²) in [7, 11) is 1.75. The van der Waals surface area contributed by atoms with E-state index in [1.165, 1.54) is 17.0 Å². The Balaban J connectivity index is 2.28. The molecule has 0 bridgehead atoms. The Hall–Kier alpha value is -2.11. The number of unbranched alkanes of at least 4 members (excludes halogenated alkanes) is 1. The van der Waals surface area contributed by atoms with Crippen LogP contribution in [-0.4, -0.2) is 47.8 Å². The van der Waals surface area contributed by atoms with Gasteiger partial charge in [0.2, 0.25) is 5.91 Å². The average molecular weight is 306 g/mol. The van der Waals surface area contributed by atoms with Crippen molar-refractivity contribution in [1.29, 1.82) is 0 Å². The smallest absolute Gasteiger partial charge is 0.290 e. The fourth-order valence-electron chi connectivity index (χ4n) is 2.68. The zero-order chi connectivity index (χ0) is 16.3. The molecule has 1 aliphatic heterocycles. The van der Waals surface area contributed by atoms with Gasteiger partial charge >= 0.3 is 0 Å². The molecule has 2 heterocycles. The summed E-state index contributed by atoms with van der Waals surface area (Å²) in [5.41, 5.74) is -0.266. The van der Waals surface area contributed by atoms with E-state index in [1.807, 2.05) is 6.92 Å². The molecule has 6 nitrogen and oxygen atoms in total. The van der Waals surface area contributed by atoms with Gasteiger partial charge in [0.25, 0.3) is 5.91 Å². The van der Waals surface area contributed by atoms with Crippen molar-refractivity contribution in [3.05, 3.63) is 33.9 Å². The number of piperazine rings is 1. The van der Waals surface area contributed by atoms with Gasteiger partial charge in [-0.25, -0.2) is 0 Å². The second kappa shape index (κ2) is 6.77. The summed E-state index contributed by atoms with van der Waals surface area (Å²) in [6.45, 7) is 4.61. The maximum absolute atomic E-state index is 12.7. The summed E-state index contributed by atoms with van der Waals surface area (Å²) in [6.07, 6.45) is 2.45. The van der Waals surface area contributed by atoms with Crippen molar-refractivity contribution in [2.75, 3.05) is 20.1 Å². The van der Waals surface area contributed by atoms with E-state index in [-0.39, 0.29) is 23.0 Å². The van der Waals surface area contributed by atoms with Crippen LogP contribution in [0, 0.1) is 6.92 Å². The third kappa shape index (κ3) is 3.37. The summed E-state index contributed by atoms with van der Waals surface area (Å²) < 4.78 is 5.37. The number of hydrogen-bond donors (Lipinski definition) is 0. The molecule has 6 heteroatoms. The minimum Gasteiger partial charge on any atom is -0.456 e. The number of nitrogens with zero attached hydrogens (tertiary/aromatic N) is 2. The highest BCUT2D eigenvalue weighted by molar-refractivity contribution is 5.96. The van der Waals surface area contributed by atoms with Gasteiger partial charge in [0.1, 0.15) is 11.8 Å². The van der Waals surface area contributed by atoms with E-state index in [0.29, 0.717) is 25.3 Å². The highest BCUT2D eigenvalue weighted by atomic mass is 16.3. The van der Waals surface area contributed by atoms with Crippen LogP contribution >= 0.6 is 0 Å². The minimum absolute atomic E-state index is 0.00357. The molecule has 120 valence electrons. The molecular formula is C16H22N2O4. The molecule has 1 atom stereocenters. The van der Waals surface area contributed by atoms with E-state index in [1.54, 1.807) is 18.9 Å². The predicted molar refractivity (Wildman–Crippen MR) is 81.7 cm³/mol. The molecule has 0 radical (unpaired) electrons. The van der Waals surface area contributed by atoms with Gasteiger partial charge in [-0.3, -0.25) is 14.4 Å². The van der Waals surface area contributed by atoms with Crippen LogP contribution in [0.25, 0.3) is 0 Å². The van der Waals surface area contributed by atoms with Gasteiger partial charge in [-0.2, -0.15) is 0 Å². The topological polar surface area (TPSA) is 70.8 Å². The number of carbonyl (C=O) groups excluding carboxylic acids is 2. The molecule has 1 aromatic rings. The molecule has 0 N–H and O–H groups in total. The zero-order valence-corrected chi connectivity index (χ0v) is 13.3. The Bertz CT molecular complexity index is 623. The Labute approximate surface area is 129 Å². The maximum atomic E-state index is 12.7. The Kier molecular flexibility index (Phi) is 5.00. The van der Waals surface area contributed by atoms with Crippen molar-refractivity contribution in [1.82, 2.24) is 9.80 Å². The summed E-state index contributed by atoms with van der Waals surface area (Å²) in [6, 6.07) is 2.05. The van der Waals surface area contributed by atoms with Crippen LogP contribution in [0.15, 0.2) is 21.3 Å². The van der Waals surface area contributed by atoms with E-state index in [2.05, 4.69) is 0 Å². The molecule has 0 spiro atoms. The molecule has 1 aliphatic rings. The Morgan fingerprint density at radius 1 is 1.32 bits per heavy atom. The molecule has 1 aromatic heterocycles. The van der Waals surface area contributed by atoms with Crippen LogP contribution in [0.1, 0.15) is 42.5 Å². The van der Waals surface area contributed by atoms with Crippen molar-refractivity contribution < 1.29 is 14.0 Å². The molecule has 0 saturated carbocycles. The van der Waals surface area contributed by atoms with Gasteiger partial charge in [-0.15, -0.1) is 0 Å². The van der Waals surface area contributed by atoms with Crippen LogP contribution in [-0.2, 0) is 4.79 Å². The quantitative estimate of drug-likeness (QED) is 0.843. The first-order valence-corrected chi connectivity index (χ1v) is 7.61. The van der Waals surface area contributed by atoms with Gasteiger partial charge in [0.15, 0.2) is 11.2 Å².